The molecule has 6 heteroatoms. The number of halogens is 1. The second kappa shape index (κ2) is 12.1. The smallest absolute Gasteiger partial charge is 0.241 e. The molecular weight excluding hydrogens is 427 g/mol. The third-order valence-corrected chi connectivity index (χ3v) is 4.43. The zero-order valence-electron chi connectivity index (χ0n) is 15.3. The molecule has 2 rings (SSSR count). The van der Waals surface area contributed by atoms with Crippen molar-refractivity contribution in [1.29, 1.82) is 0 Å². The minimum absolute atomic E-state index is 0. The molecule has 0 radical (unpaired) electrons. The lowest BCUT2D eigenvalue weighted by atomic mass is 10.1. The van der Waals surface area contributed by atoms with E-state index in [1.165, 1.54) is 12.0 Å². The standard InChI is InChI=1S/C19H30N4O.HI/c1-16(11-12-17-9-5-3-6-10-17)22-19(20-2)21-15-18(24)23-13-7-4-8-14-23;/h3,5-6,9-10,16H,4,7-8,11-15H2,1-2H3,(H2,20,21,22);1H. The van der Waals surface area contributed by atoms with Crippen LogP contribution in [0.15, 0.2) is 35.3 Å². The molecule has 5 nitrogen and oxygen atoms in total. The highest BCUT2D eigenvalue weighted by atomic mass is 127. The quantitative estimate of drug-likeness (QED) is 0.392. The first-order valence-corrected chi connectivity index (χ1v) is 8.98. The number of aryl methyl sites for hydroxylation is 1. The van der Waals surface area contributed by atoms with E-state index < -0.39 is 0 Å². The Kier molecular flexibility index (Phi) is 10.5. The van der Waals surface area contributed by atoms with E-state index in [0.717, 1.165) is 38.8 Å². The van der Waals surface area contributed by atoms with Gasteiger partial charge in [0.2, 0.25) is 5.91 Å². The highest BCUT2D eigenvalue weighted by Crippen LogP contribution is 2.08. The minimum Gasteiger partial charge on any atom is -0.354 e. The second-order valence-corrected chi connectivity index (χ2v) is 6.44. The molecule has 0 spiro atoms. The molecule has 1 unspecified atom stereocenters. The van der Waals surface area contributed by atoms with Crippen LogP contribution in [0.1, 0.15) is 38.2 Å². The normalized spacial score (nSPS) is 15.9. The Balaban J connectivity index is 0.00000312. The van der Waals surface area contributed by atoms with Gasteiger partial charge in [-0.1, -0.05) is 30.3 Å². The maximum atomic E-state index is 12.2. The van der Waals surface area contributed by atoms with Crippen molar-refractivity contribution < 1.29 is 4.79 Å². The first-order valence-electron chi connectivity index (χ1n) is 8.98. The number of benzene rings is 1. The number of rotatable bonds is 6. The van der Waals surface area contributed by atoms with Crippen LogP contribution in [0.5, 0.6) is 0 Å². The van der Waals surface area contributed by atoms with Crippen LogP contribution < -0.4 is 10.6 Å². The summed E-state index contributed by atoms with van der Waals surface area (Å²) in [5.74, 6) is 0.857. The summed E-state index contributed by atoms with van der Waals surface area (Å²) in [5, 5.41) is 6.51. The first kappa shape index (κ1) is 21.7. The van der Waals surface area contributed by atoms with Crippen molar-refractivity contribution in [2.24, 2.45) is 4.99 Å². The van der Waals surface area contributed by atoms with Crippen molar-refractivity contribution in [3.63, 3.8) is 0 Å². The van der Waals surface area contributed by atoms with Crippen molar-refractivity contribution in [2.45, 2.75) is 45.1 Å². The predicted octanol–water partition coefficient (Wildman–Crippen LogP) is 2.80. The van der Waals surface area contributed by atoms with Gasteiger partial charge in [-0.15, -0.1) is 24.0 Å². The number of guanidine groups is 1. The summed E-state index contributed by atoms with van der Waals surface area (Å²) in [6.45, 7) is 4.23. The van der Waals surface area contributed by atoms with Crippen LogP contribution in [0, 0.1) is 0 Å². The lowest BCUT2D eigenvalue weighted by molar-refractivity contribution is -0.130. The fourth-order valence-electron chi connectivity index (χ4n) is 2.94. The summed E-state index contributed by atoms with van der Waals surface area (Å²) in [5.41, 5.74) is 1.34. The van der Waals surface area contributed by atoms with Gasteiger partial charge in [0.1, 0.15) is 0 Å². The van der Waals surface area contributed by atoms with E-state index in [4.69, 9.17) is 0 Å². The maximum Gasteiger partial charge on any atom is 0.241 e. The molecule has 1 aliphatic heterocycles. The van der Waals surface area contributed by atoms with Crippen molar-refractivity contribution in [1.82, 2.24) is 15.5 Å². The fraction of sp³-hybridized carbons (Fsp3) is 0.579. The van der Waals surface area contributed by atoms with Gasteiger partial charge in [0, 0.05) is 26.2 Å². The molecule has 1 aliphatic rings. The van der Waals surface area contributed by atoms with Gasteiger partial charge < -0.3 is 15.5 Å². The van der Waals surface area contributed by atoms with Gasteiger partial charge in [-0.25, -0.2) is 0 Å². The Bertz CT molecular complexity index is 529. The number of nitrogens with one attached hydrogen (secondary N) is 2. The van der Waals surface area contributed by atoms with Gasteiger partial charge in [-0.3, -0.25) is 9.79 Å². The van der Waals surface area contributed by atoms with Crippen LogP contribution in [-0.4, -0.2) is 49.5 Å². The highest BCUT2D eigenvalue weighted by Gasteiger charge is 2.16. The monoisotopic (exact) mass is 458 g/mol. The molecule has 0 saturated carbocycles. The number of amides is 1. The molecule has 1 aromatic rings. The van der Waals surface area contributed by atoms with Crippen molar-refractivity contribution in [3.05, 3.63) is 35.9 Å². The van der Waals surface area contributed by atoms with E-state index in [-0.39, 0.29) is 29.9 Å². The molecule has 1 fully saturated rings. The Morgan fingerprint density at radius 3 is 2.52 bits per heavy atom. The van der Waals surface area contributed by atoms with Gasteiger partial charge in [-0.2, -0.15) is 0 Å². The summed E-state index contributed by atoms with van der Waals surface area (Å²) in [7, 11) is 1.74. The SMILES string of the molecule is CN=C(NCC(=O)N1CCCCC1)NC(C)CCc1ccccc1.I. The largest absolute Gasteiger partial charge is 0.354 e. The Morgan fingerprint density at radius 1 is 1.20 bits per heavy atom. The predicted molar refractivity (Wildman–Crippen MR) is 115 cm³/mol. The molecule has 0 aromatic heterocycles. The number of aliphatic imine (C=N–C) groups is 1. The van der Waals surface area contributed by atoms with Crippen LogP contribution in [0.4, 0.5) is 0 Å². The number of hydrogen-bond acceptors (Lipinski definition) is 2. The van der Waals surface area contributed by atoms with Crippen LogP contribution in [0.2, 0.25) is 0 Å². The number of hydrogen-bond donors (Lipinski definition) is 2. The lowest BCUT2D eigenvalue weighted by Crippen LogP contribution is -2.47. The number of carbonyl (C=O) groups is 1. The van der Waals surface area contributed by atoms with Gasteiger partial charge in [0.15, 0.2) is 5.96 Å². The molecule has 2 N–H and O–H groups in total. The highest BCUT2D eigenvalue weighted by molar-refractivity contribution is 14.0. The number of nitrogens with zero attached hydrogens (tertiary/aromatic N) is 2. The van der Waals surface area contributed by atoms with Gasteiger partial charge in [0.05, 0.1) is 6.54 Å². The third-order valence-electron chi connectivity index (χ3n) is 4.43. The maximum absolute atomic E-state index is 12.2. The molecule has 1 atom stereocenters. The molecule has 25 heavy (non-hydrogen) atoms. The Hall–Kier alpha value is -1.31. The van der Waals surface area contributed by atoms with E-state index in [9.17, 15) is 4.79 Å². The van der Waals surface area contributed by atoms with Gasteiger partial charge in [-0.05, 0) is 44.6 Å². The van der Waals surface area contributed by atoms with Crippen molar-refractivity contribution in [3.8, 4) is 0 Å². The topological polar surface area (TPSA) is 56.7 Å². The van der Waals surface area contributed by atoms with E-state index in [1.54, 1.807) is 7.05 Å². The minimum atomic E-state index is 0. The molecule has 1 heterocycles. The average molecular weight is 458 g/mol. The first-order chi connectivity index (χ1) is 11.7. The van der Waals surface area contributed by atoms with Crippen LogP contribution in [0.25, 0.3) is 0 Å². The Labute approximate surface area is 168 Å². The lowest BCUT2D eigenvalue weighted by Gasteiger charge is -2.27. The van der Waals surface area contributed by atoms with E-state index in [1.807, 2.05) is 11.0 Å². The molecule has 140 valence electrons. The summed E-state index contributed by atoms with van der Waals surface area (Å²) in [4.78, 5) is 18.4. The molecule has 1 amide bonds. The van der Waals surface area contributed by atoms with E-state index >= 15 is 0 Å². The summed E-state index contributed by atoms with van der Waals surface area (Å²) in [6, 6.07) is 10.8. The van der Waals surface area contributed by atoms with Crippen molar-refractivity contribution >= 4 is 35.8 Å². The van der Waals surface area contributed by atoms with Crippen molar-refractivity contribution in [2.75, 3.05) is 26.7 Å². The third kappa shape index (κ3) is 8.07. The number of carbonyl (C=O) groups excluding carboxylic acids is 1. The van der Waals surface area contributed by atoms with Gasteiger partial charge in [0.25, 0.3) is 0 Å². The van der Waals surface area contributed by atoms with Crippen LogP contribution in [-0.2, 0) is 11.2 Å². The van der Waals surface area contributed by atoms with Crippen LogP contribution >= 0.6 is 24.0 Å². The zero-order valence-corrected chi connectivity index (χ0v) is 17.7. The zero-order chi connectivity index (χ0) is 17.2. The molecule has 0 bridgehead atoms. The van der Waals surface area contributed by atoms with E-state index in [2.05, 4.69) is 46.8 Å². The number of piperidine rings is 1. The summed E-state index contributed by atoms with van der Waals surface area (Å²) < 4.78 is 0. The van der Waals surface area contributed by atoms with E-state index in [0.29, 0.717) is 18.5 Å². The summed E-state index contributed by atoms with van der Waals surface area (Å²) >= 11 is 0. The fourth-order valence-corrected chi connectivity index (χ4v) is 2.94. The molecule has 1 aromatic carbocycles. The molecule has 0 aliphatic carbocycles. The number of likely N-dealkylation sites (tertiary alicyclic amines) is 1. The second-order valence-electron chi connectivity index (χ2n) is 6.44. The van der Waals surface area contributed by atoms with Gasteiger partial charge >= 0.3 is 0 Å². The summed E-state index contributed by atoms with van der Waals surface area (Å²) in [6.07, 6.45) is 5.52. The van der Waals surface area contributed by atoms with Crippen LogP contribution in [0.3, 0.4) is 0 Å². The average Bonchev–Trinajstić information content (AvgIpc) is 2.64. The molecule has 1 saturated heterocycles. The Morgan fingerprint density at radius 2 is 1.88 bits per heavy atom. The molecular formula is C19H31IN4O.